The Morgan fingerprint density at radius 3 is 2.05 bits per heavy atom. The summed E-state index contributed by atoms with van der Waals surface area (Å²) in [5.74, 6) is 4.06. The fourth-order valence-corrected chi connectivity index (χ4v) is 10.7. The Morgan fingerprint density at radius 1 is 0.946 bits per heavy atom. The van der Waals surface area contributed by atoms with Crippen LogP contribution in [0.25, 0.3) is 0 Å². The number of rotatable bonds is 3. The van der Waals surface area contributed by atoms with Crippen molar-refractivity contribution in [3.05, 3.63) is 33.2 Å². The van der Waals surface area contributed by atoms with Crippen LogP contribution in [0.15, 0.2) is 27.5 Å². The molecule has 0 saturated heterocycles. The molecule has 2 rings (SSSR count). The molecule has 1 aliphatic heterocycles. The van der Waals surface area contributed by atoms with E-state index in [0.29, 0.717) is 0 Å². The van der Waals surface area contributed by atoms with Crippen molar-refractivity contribution in [3.8, 4) is 11.8 Å². The number of aromatic nitrogens is 1. The molecule has 0 spiro atoms. The molecule has 0 fully saturated rings. The summed E-state index contributed by atoms with van der Waals surface area (Å²) in [5.41, 5.74) is -2.67. The Bertz CT molecular complexity index is 1170. The van der Waals surface area contributed by atoms with Gasteiger partial charge < -0.3 is 0 Å². The maximum absolute atomic E-state index is 15.4. The molecule has 0 bridgehead atoms. The molecule has 1 aromatic rings. The standard InChI is InChI=1S/C21H24FNO6.C5H9O2.In/c1-20(2,3)28-18(25)23-12-7-8-16(23)17(24)10-9-15(14-22)11-13-27-19(26)29-21(4,5)6;1-5(2,3)7-4-6;/h7-8,12-13H,11H2,1-6H3;1-3H3;. The summed E-state index contributed by atoms with van der Waals surface area (Å²) in [6.07, 6.45) is -0.617. The van der Waals surface area contributed by atoms with Crippen LogP contribution in [-0.2, 0) is 18.9 Å². The Balaban J connectivity index is 2.32. The van der Waals surface area contributed by atoms with E-state index in [9.17, 15) is 19.2 Å². The van der Waals surface area contributed by atoms with Gasteiger partial charge in [0.05, 0.1) is 0 Å². The molecular weight excluding hydrogens is 588 g/mol. The molecule has 0 amide bonds. The van der Waals surface area contributed by atoms with Crippen LogP contribution in [0.3, 0.4) is 0 Å². The van der Waals surface area contributed by atoms with Crippen LogP contribution in [0.1, 0.15) is 79.2 Å². The van der Waals surface area contributed by atoms with Crippen LogP contribution < -0.4 is 0 Å². The third-order valence-electron chi connectivity index (χ3n) is 4.53. The number of carbonyl (C=O) groups excluding carboxylic acids is 4. The van der Waals surface area contributed by atoms with Crippen LogP contribution >= 0.6 is 0 Å². The molecule has 0 saturated carbocycles. The summed E-state index contributed by atoms with van der Waals surface area (Å²) < 4.78 is 35.1. The zero-order valence-electron chi connectivity index (χ0n) is 22.7. The summed E-state index contributed by atoms with van der Waals surface area (Å²) >= 11 is -4.19. The molecule has 1 atom stereocenters. The zero-order valence-corrected chi connectivity index (χ0v) is 26.0. The first-order valence-electron chi connectivity index (χ1n) is 11.8. The first-order chi connectivity index (χ1) is 16.8. The molecule has 11 heteroatoms. The maximum atomic E-state index is 15.4. The fourth-order valence-electron chi connectivity index (χ4n) is 3.24. The molecule has 0 radical (unpaired) electrons. The number of nitrogens with zero attached hydrogens (tertiary/aromatic N) is 1. The monoisotopic (exact) mass is 621 g/mol. The summed E-state index contributed by atoms with van der Waals surface area (Å²) in [6, 6.07) is 2.87. The van der Waals surface area contributed by atoms with Gasteiger partial charge in [0.15, 0.2) is 0 Å². The van der Waals surface area contributed by atoms with Gasteiger partial charge in [-0.15, -0.1) is 0 Å². The first-order valence-corrected chi connectivity index (χ1v) is 17.0. The average Bonchev–Trinajstić information content (AvgIpc) is 3.27. The normalized spacial score (nSPS) is 16.1. The number of hydrogen-bond donors (Lipinski definition) is 0. The van der Waals surface area contributed by atoms with Gasteiger partial charge in [-0.2, -0.15) is 0 Å². The summed E-state index contributed by atoms with van der Waals surface area (Å²) in [5, 5.41) is 0. The zero-order chi connectivity index (χ0) is 28.3. The second-order valence-corrected chi connectivity index (χ2v) is 19.1. The van der Waals surface area contributed by atoms with Crippen molar-refractivity contribution in [3.63, 3.8) is 0 Å². The van der Waals surface area contributed by atoms with Gasteiger partial charge in [-0.3, -0.25) is 0 Å². The van der Waals surface area contributed by atoms with Crippen molar-refractivity contribution in [1.82, 2.24) is 4.57 Å². The van der Waals surface area contributed by atoms with E-state index in [4.69, 9.17) is 18.9 Å². The number of halogens is 1. The third-order valence-corrected chi connectivity index (χ3v) is 12.1. The minimum absolute atomic E-state index is 0.0606. The fraction of sp³-hybridized carbons (Fsp3) is 0.538. The first kappa shape index (κ1) is 30.5. The van der Waals surface area contributed by atoms with E-state index in [-0.39, 0.29) is 17.7 Å². The Kier molecular flexibility index (Phi) is 9.34. The molecule has 200 valence electrons. The second kappa shape index (κ2) is 11.3. The van der Waals surface area contributed by atoms with Crippen molar-refractivity contribution >= 4 is 43.2 Å². The van der Waals surface area contributed by atoms with E-state index in [1.807, 2.05) is 0 Å². The van der Waals surface area contributed by atoms with E-state index in [0.717, 1.165) is 4.57 Å². The molecule has 0 N–H and O–H groups in total. The predicted octanol–water partition coefficient (Wildman–Crippen LogP) is 5.50. The SMILES string of the molecule is CC(C)(C)OC(=O)O[CH]1CC(C#CC(=O)c2cccn2C(=O)OC(C)(C)C)=[C](F)[In]1[C](=O)OC(C)(C)C. The van der Waals surface area contributed by atoms with Crippen molar-refractivity contribution in [2.75, 3.05) is 0 Å². The van der Waals surface area contributed by atoms with Gasteiger partial charge in [-0.05, 0) is 0 Å². The number of ketones is 1. The molecule has 1 aromatic heterocycles. The van der Waals surface area contributed by atoms with E-state index < -0.39 is 67.4 Å². The Labute approximate surface area is 224 Å². The third kappa shape index (κ3) is 9.26. The van der Waals surface area contributed by atoms with E-state index in [2.05, 4.69) is 11.8 Å². The van der Waals surface area contributed by atoms with Crippen LogP contribution in [0, 0.1) is 11.8 Å². The van der Waals surface area contributed by atoms with Gasteiger partial charge in [-0.1, -0.05) is 0 Å². The van der Waals surface area contributed by atoms with E-state index >= 15 is 4.39 Å². The molecule has 0 aromatic carbocycles. The molecular formula is C26H33FInNO8. The number of hydrogen-bond acceptors (Lipinski definition) is 8. The van der Waals surface area contributed by atoms with E-state index in [1.54, 1.807) is 62.3 Å². The summed E-state index contributed by atoms with van der Waals surface area (Å²) in [6.45, 7) is 14.9. The second-order valence-electron chi connectivity index (χ2n) is 11.5. The number of Topliss-reactive ketones (excluding diaryl/α,β-unsaturated/α-hetero) is 1. The van der Waals surface area contributed by atoms with Crippen LogP contribution in [-0.4, -0.2) is 68.4 Å². The molecule has 1 aliphatic rings. The van der Waals surface area contributed by atoms with E-state index in [1.165, 1.54) is 18.3 Å². The van der Waals surface area contributed by atoms with Crippen LogP contribution in [0.4, 0.5) is 18.8 Å². The Morgan fingerprint density at radius 2 is 1.51 bits per heavy atom. The molecule has 37 heavy (non-hydrogen) atoms. The Hall–Kier alpha value is -2.74. The quantitative estimate of drug-likeness (QED) is 0.143. The average molecular weight is 621 g/mol. The number of ether oxygens (including phenoxy) is 4. The van der Waals surface area contributed by atoms with Crippen molar-refractivity contribution < 1.29 is 42.5 Å². The van der Waals surface area contributed by atoms with Gasteiger partial charge in [0.2, 0.25) is 0 Å². The van der Waals surface area contributed by atoms with Crippen LogP contribution in [0.2, 0.25) is 0 Å². The minimum atomic E-state index is -4.19. The van der Waals surface area contributed by atoms with Crippen molar-refractivity contribution in [2.45, 2.75) is 89.4 Å². The van der Waals surface area contributed by atoms with Gasteiger partial charge in [0, 0.05) is 0 Å². The summed E-state index contributed by atoms with van der Waals surface area (Å²) in [7, 11) is 0. The van der Waals surface area contributed by atoms with Gasteiger partial charge in [0.1, 0.15) is 0 Å². The molecule has 0 aliphatic carbocycles. The van der Waals surface area contributed by atoms with Gasteiger partial charge >= 0.3 is 225 Å². The molecule has 2 heterocycles. The summed E-state index contributed by atoms with van der Waals surface area (Å²) in [4.78, 5) is 50.3. The number of carbonyl (C=O) groups is 4. The van der Waals surface area contributed by atoms with Gasteiger partial charge in [0.25, 0.3) is 0 Å². The van der Waals surface area contributed by atoms with Crippen molar-refractivity contribution in [2.24, 2.45) is 0 Å². The molecule has 1 unspecified atom stereocenters. The van der Waals surface area contributed by atoms with Crippen molar-refractivity contribution in [1.29, 1.82) is 0 Å². The molecule has 9 nitrogen and oxygen atoms in total. The van der Waals surface area contributed by atoms with Crippen LogP contribution in [0.5, 0.6) is 0 Å². The predicted molar refractivity (Wildman–Crippen MR) is 134 cm³/mol. The topological polar surface area (TPSA) is 110 Å². The van der Waals surface area contributed by atoms with Gasteiger partial charge in [-0.25, -0.2) is 0 Å².